The van der Waals surface area contributed by atoms with E-state index in [0.717, 1.165) is 5.56 Å². The van der Waals surface area contributed by atoms with Gasteiger partial charge in [-0.25, -0.2) is 4.99 Å². The summed E-state index contributed by atoms with van der Waals surface area (Å²) in [6, 6.07) is 7.29. The molecule has 0 radical (unpaired) electrons. The quantitative estimate of drug-likeness (QED) is 0.286. The van der Waals surface area contributed by atoms with Gasteiger partial charge in [-0.15, -0.1) is 24.0 Å². The second-order valence-electron chi connectivity index (χ2n) is 6.63. The van der Waals surface area contributed by atoms with Crippen LogP contribution in [0.5, 0.6) is 0 Å². The molecule has 0 aliphatic rings. The minimum atomic E-state index is -0.269. The number of nitrogens with zero attached hydrogens (tertiary/aromatic N) is 1. The highest BCUT2D eigenvalue weighted by Gasteiger charge is 2.13. The molecule has 1 rings (SSSR count). The number of carbonyl (C=O) groups excluding carboxylic acids is 2. The minimum absolute atomic E-state index is 0. The molecular weight excluding hydrogens is 445 g/mol. The lowest BCUT2D eigenvalue weighted by Crippen LogP contribution is -2.48. The zero-order valence-electron chi connectivity index (χ0n) is 16.1. The van der Waals surface area contributed by atoms with Crippen molar-refractivity contribution in [3.63, 3.8) is 0 Å². The van der Waals surface area contributed by atoms with Crippen molar-refractivity contribution in [1.29, 1.82) is 0 Å². The molecule has 4 N–H and O–H groups in total. The van der Waals surface area contributed by atoms with Crippen LogP contribution in [0.15, 0.2) is 29.3 Å². The van der Waals surface area contributed by atoms with Crippen LogP contribution in [0, 0.1) is 0 Å². The molecule has 1 aromatic carbocycles. The summed E-state index contributed by atoms with van der Waals surface area (Å²) in [6.07, 6.45) is 0. The summed E-state index contributed by atoms with van der Waals surface area (Å²) in [5.41, 5.74) is 1.24. The van der Waals surface area contributed by atoms with Gasteiger partial charge in [-0.05, 0) is 45.4 Å². The third-order valence-corrected chi connectivity index (χ3v) is 3.11. The van der Waals surface area contributed by atoms with E-state index in [9.17, 15) is 9.59 Å². The van der Waals surface area contributed by atoms with Crippen molar-refractivity contribution >= 4 is 41.8 Å². The highest BCUT2D eigenvalue weighted by molar-refractivity contribution is 14.0. The standard InChI is InChI=1S/C18H29N5O2.HI/c1-6-20-17(22-12-15(24)23-18(2,3)4)21-11-13-8-7-9-14(10-13)16(25)19-5;/h7-10H,6,11-12H2,1-5H3,(H,19,25)(H,23,24)(H2,20,21,22);1H. The molecule has 1 aromatic rings. The van der Waals surface area contributed by atoms with Gasteiger partial charge in [-0.3, -0.25) is 9.59 Å². The summed E-state index contributed by atoms with van der Waals surface area (Å²) in [6.45, 7) is 8.99. The number of hydrogen-bond donors (Lipinski definition) is 4. The molecule has 0 atom stereocenters. The molecule has 26 heavy (non-hydrogen) atoms. The topological polar surface area (TPSA) is 94.6 Å². The summed E-state index contributed by atoms with van der Waals surface area (Å²) in [7, 11) is 1.60. The van der Waals surface area contributed by atoms with Crippen molar-refractivity contribution in [2.45, 2.75) is 39.8 Å². The summed E-state index contributed by atoms with van der Waals surface area (Å²) >= 11 is 0. The molecule has 0 bridgehead atoms. The van der Waals surface area contributed by atoms with Crippen LogP contribution in [-0.2, 0) is 11.3 Å². The summed E-state index contributed by atoms with van der Waals surface area (Å²) in [4.78, 5) is 28.0. The summed E-state index contributed by atoms with van der Waals surface area (Å²) < 4.78 is 0. The van der Waals surface area contributed by atoms with Gasteiger partial charge in [-0.2, -0.15) is 0 Å². The van der Waals surface area contributed by atoms with E-state index in [4.69, 9.17) is 0 Å². The lowest BCUT2D eigenvalue weighted by Gasteiger charge is -2.21. The van der Waals surface area contributed by atoms with Crippen LogP contribution in [0.3, 0.4) is 0 Å². The lowest BCUT2D eigenvalue weighted by molar-refractivity contribution is -0.121. The third kappa shape index (κ3) is 9.59. The maximum atomic E-state index is 11.9. The second-order valence-corrected chi connectivity index (χ2v) is 6.63. The predicted molar refractivity (Wildman–Crippen MR) is 116 cm³/mol. The predicted octanol–water partition coefficient (Wildman–Crippen LogP) is 1.63. The average Bonchev–Trinajstić information content (AvgIpc) is 2.55. The van der Waals surface area contributed by atoms with Crippen LogP contribution >= 0.6 is 24.0 Å². The maximum absolute atomic E-state index is 11.9. The van der Waals surface area contributed by atoms with E-state index in [1.54, 1.807) is 19.2 Å². The number of guanidine groups is 1. The summed E-state index contributed by atoms with van der Waals surface area (Å²) in [5, 5.41) is 11.6. The van der Waals surface area contributed by atoms with Crippen molar-refractivity contribution < 1.29 is 9.59 Å². The van der Waals surface area contributed by atoms with Crippen molar-refractivity contribution in [2.24, 2.45) is 4.99 Å². The fraction of sp³-hybridized carbons (Fsp3) is 0.500. The zero-order chi connectivity index (χ0) is 18.9. The molecule has 0 aromatic heterocycles. The SMILES string of the molecule is CCNC(=NCc1cccc(C(=O)NC)c1)NCC(=O)NC(C)(C)C.I. The number of halogens is 1. The van der Waals surface area contributed by atoms with Gasteiger partial charge in [0.1, 0.15) is 0 Å². The molecule has 0 saturated heterocycles. The third-order valence-electron chi connectivity index (χ3n) is 3.11. The average molecular weight is 475 g/mol. The molecular formula is C18H30IN5O2. The van der Waals surface area contributed by atoms with Crippen LogP contribution in [0.4, 0.5) is 0 Å². The fourth-order valence-electron chi connectivity index (χ4n) is 2.09. The Kier molecular flexibility index (Phi) is 10.9. The Hall–Kier alpha value is -1.84. The lowest BCUT2D eigenvalue weighted by atomic mass is 10.1. The second kappa shape index (κ2) is 11.7. The first-order valence-corrected chi connectivity index (χ1v) is 8.39. The van der Waals surface area contributed by atoms with Crippen molar-refractivity contribution in [2.75, 3.05) is 20.1 Å². The van der Waals surface area contributed by atoms with E-state index in [1.165, 1.54) is 0 Å². The maximum Gasteiger partial charge on any atom is 0.251 e. The molecule has 0 saturated carbocycles. The van der Waals surface area contributed by atoms with Crippen LogP contribution in [0.1, 0.15) is 43.6 Å². The number of nitrogens with one attached hydrogen (secondary N) is 4. The Morgan fingerprint density at radius 2 is 1.85 bits per heavy atom. The monoisotopic (exact) mass is 475 g/mol. The van der Waals surface area contributed by atoms with Gasteiger partial charge in [0.05, 0.1) is 13.1 Å². The molecule has 8 heteroatoms. The Bertz CT molecular complexity index is 626. The van der Waals surface area contributed by atoms with Gasteiger partial charge < -0.3 is 21.3 Å². The molecule has 0 aliphatic carbocycles. The van der Waals surface area contributed by atoms with E-state index >= 15 is 0 Å². The number of aliphatic imine (C=N–C) groups is 1. The Morgan fingerprint density at radius 1 is 1.15 bits per heavy atom. The van der Waals surface area contributed by atoms with Gasteiger partial charge in [0, 0.05) is 24.7 Å². The van der Waals surface area contributed by atoms with E-state index in [1.807, 2.05) is 39.8 Å². The fourth-order valence-corrected chi connectivity index (χ4v) is 2.09. The van der Waals surface area contributed by atoms with Gasteiger partial charge in [0.15, 0.2) is 5.96 Å². The van der Waals surface area contributed by atoms with E-state index in [0.29, 0.717) is 24.6 Å². The van der Waals surface area contributed by atoms with E-state index in [2.05, 4.69) is 26.3 Å². The van der Waals surface area contributed by atoms with Crippen molar-refractivity contribution in [3.05, 3.63) is 35.4 Å². The molecule has 0 fully saturated rings. The number of rotatable bonds is 6. The molecule has 0 spiro atoms. The molecule has 0 aliphatic heterocycles. The van der Waals surface area contributed by atoms with E-state index < -0.39 is 0 Å². The number of carbonyl (C=O) groups is 2. The van der Waals surface area contributed by atoms with Gasteiger partial charge in [0.2, 0.25) is 5.91 Å². The van der Waals surface area contributed by atoms with Crippen LogP contribution < -0.4 is 21.3 Å². The first-order chi connectivity index (χ1) is 11.7. The first kappa shape index (κ1) is 24.2. The largest absolute Gasteiger partial charge is 0.357 e. The highest BCUT2D eigenvalue weighted by atomic mass is 127. The van der Waals surface area contributed by atoms with Crippen LogP contribution in [0.25, 0.3) is 0 Å². The number of hydrogen-bond acceptors (Lipinski definition) is 3. The Balaban J connectivity index is 0.00000625. The Labute approximate surface area is 172 Å². The van der Waals surface area contributed by atoms with Crippen LogP contribution in [0.2, 0.25) is 0 Å². The smallest absolute Gasteiger partial charge is 0.251 e. The first-order valence-electron chi connectivity index (χ1n) is 8.39. The van der Waals surface area contributed by atoms with Crippen molar-refractivity contribution in [1.82, 2.24) is 21.3 Å². The Morgan fingerprint density at radius 3 is 2.42 bits per heavy atom. The van der Waals surface area contributed by atoms with Crippen molar-refractivity contribution in [3.8, 4) is 0 Å². The number of benzene rings is 1. The minimum Gasteiger partial charge on any atom is -0.357 e. The van der Waals surface area contributed by atoms with Crippen LogP contribution in [-0.4, -0.2) is 43.5 Å². The molecule has 146 valence electrons. The normalized spacial score (nSPS) is 11.2. The summed E-state index contributed by atoms with van der Waals surface area (Å²) in [5.74, 6) is 0.325. The van der Waals surface area contributed by atoms with Gasteiger partial charge in [-0.1, -0.05) is 12.1 Å². The molecule has 0 heterocycles. The molecule has 7 nitrogen and oxygen atoms in total. The number of amides is 2. The van der Waals surface area contributed by atoms with E-state index in [-0.39, 0.29) is 47.9 Å². The van der Waals surface area contributed by atoms with Gasteiger partial charge >= 0.3 is 0 Å². The molecule has 0 unspecified atom stereocenters. The van der Waals surface area contributed by atoms with Gasteiger partial charge in [0.25, 0.3) is 5.91 Å². The highest BCUT2D eigenvalue weighted by Crippen LogP contribution is 2.06. The zero-order valence-corrected chi connectivity index (χ0v) is 18.4. The molecule has 2 amide bonds.